The third-order valence-corrected chi connectivity index (χ3v) is 3.80. The van der Waals surface area contributed by atoms with Crippen LogP contribution in [0.1, 0.15) is 36.8 Å². The SMILES string of the molecule is COCOc1c(CO)ccc(OC)c1CC1=CCCCC1. The maximum Gasteiger partial charge on any atom is 0.188 e. The van der Waals surface area contributed by atoms with Crippen molar-refractivity contribution in [2.75, 3.05) is 21.0 Å². The highest BCUT2D eigenvalue weighted by Crippen LogP contribution is 2.36. The largest absolute Gasteiger partial charge is 0.496 e. The molecular weight excluding hydrogens is 268 g/mol. The number of hydrogen-bond donors (Lipinski definition) is 1. The Balaban J connectivity index is 2.35. The van der Waals surface area contributed by atoms with E-state index in [2.05, 4.69) is 6.08 Å². The number of aliphatic hydroxyl groups excluding tert-OH is 1. The number of benzene rings is 1. The Kier molecular flexibility index (Phi) is 6.08. The minimum absolute atomic E-state index is 0.0604. The topological polar surface area (TPSA) is 47.9 Å². The van der Waals surface area contributed by atoms with Crippen LogP contribution in [0.25, 0.3) is 0 Å². The van der Waals surface area contributed by atoms with Gasteiger partial charge in [0.15, 0.2) is 6.79 Å². The molecule has 1 N–H and O–H groups in total. The zero-order valence-electron chi connectivity index (χ0n) is 12.9. The fourth-order valence-electron chi connectivity index (χ4n) is 2.73. The molecule has 0 amide bonds. The summed E-state index contributed by atoms with van der Waals surface area (Å²) in [7, 11) is 3.24. The Hall–Kier alpha value is -1.52. The van der Waals surface area contributed by atoms with Gasteiger partial charge in [-0.15, -0.1) is 0 Å². The van der Waals surface area contributed by atoms with E-state index in [1.165, 1.54) is 18.4 Å². The quantitative estimate of drug-likeness (QED) is 0.619. The molecule has 1 aliphatic carbocycles. The van der Waals surface area contributed by atoms with E-state index >= 15 is 0 Å². The van der Waals surface area contributed by atoms with Gasteiger partial charge in [0.1, 0.15) is 11.5 Å². The Bertz CT molecular complexity index is 494. The molecule has 116 valence electrons. The highest BCUT2D eigenvalue weighted by atomic mass is 16.7. The summed E-state index contributed by atoms with van der Waals surface area (Å²) in [6.07, 6.45) is 7.89. The average Bonchev–Trinajstić information content (AvgIpc) is 2.54. The van der Waals surface area contributed by atoms with Crippen molar-refractivity contribution in [1.82, 2.24) is 0 Å². The monoisotopic (exact) mass is 292 g/mol. The van der Waals surface area contributed by atoms with Gasteiger partial charge >= 0.3 is 0 Å². The lowest BCUT2D eigenvalue weighted by Crippen LogP contribution is -2.08. The summed E-state index contributed by atoms with van der Waals surface area (Å²) in [5, 5.41) is 9.54. The lowest BCUT2D eigenvalue weighted by atomic mass is 9.92. The van der Waals surface area contributed by atoms with Gasteiger partial charge in [0.05, 0.1) is 13.7 Å². The van der Waals surface area contributed by atoms with E-state index in [-0.39, 0.29) is 13.4 Å². The lowest BCUT2D eigenvalue weighted by Gasteiger charge is -2.20. The molecule has 0 spiro atoms. The summed E-state index contributed by atoms with van der Waals surface area (Å²) in [5.41, 5.74) is 3.17. The molecule has 0 aromatic heterocycles. The molecule has 0 fully saturated rings. The maximum absolute atomic E-state index is 9.54. The van der Waals surface area contributed by atoms with Crippen molar-refractivity contribution in [1.29, 1.82) is 0 Å². The fraction of sp³-hybridized carbons (Fsp3) is 0.529. The van der Waals surface area contributed by atoms with Gasteiger partial charge in [-0.2, -0.15) is 0 Å². The summed E-state index contributed by atoms with van der Waals surface area (Å²) in [6.45, 7) is 0.0985. The van der Waals surface area contributed by atoms with E-state index < -0.39 is 0 Å². The van der Waals surface area contributed by atoms with Crippen LogP contribution in [0.2, 0.25) is 0 Å². The summed E-state index contributed by atoms with van der Waals surface area (Å²) in [6, 6.07) is 3.73. The highest BCUT2D eigenvalue weighted by Gasteiger charge is 2.17. The molecule has 1 aromatic carbocycles. The Labute approximate surface area is 126 Å². The van der Waals surface area contributed by atoms with Crippen LogP contribution in [0, 0.1) is 0 Å². The molecular formula is C17H24O4. The summed E-state index contributed by atoms with van der Waals surface area (Å²) >= 11 is 0. The molecule has 21 heavy (non-hydrogen) atoms. The summed E-state index contributed by atoms with van der Waals surface area (Å²) in [4.78, 5) is 0. The first-order valence-electron chi connectivity index (χ1n) is 7.39. The highest BCUT2D eigenvalue weighted by molar-refractivity contribution is 5.51. The van der Waals surface area contributed by atoms with Gasteiger partial charge in [0.2, 0.25) is 0 Å². The number of hydrogen-bond acceptors (Lipinski definition) is 4. The number of aliphatic hydroxyl groups is 1. The van der Waals surface area contributed by atoms with Crippen LogP contribution in [0.15, 0.2) is 23.8 Å². The first kappa shape index (κ1) is 15.9. The predicted octanol–water partition coefficient (Wildman–Crippen LogP) is 3.21. The van der Waals surface area contributed by atoms with Crippen molar-refractivity contribution in [2.24, 2.45) is 0 Å². The van der Waals surface area contributed by atoms with Gasteiger partial charge in [-0.25, -0.2) is 0 Å². The second-order valence-corrected chi connectivity index (χ2v) is 5.23. The maximum atomic E-state index is 9.54. The molecule has 0 aliphatic heterocycles. The summed E-state index contributed by atoms with van der Waals surface area (Å²) < 4.78 is 16.2. The van der Waals surface area contributed by atoms with Crippen LogP contribution in [0.5, 0.6) is 11.5 Å². The van der Waals surface area contributed by atoms with Crippen molar-refractivity contribution in [2.45, 2.75) is 38.7 Å². The van der Waals surface area contributed by atoms with E-state index in [0.717, 1.165) is 36.1 Å². The van der Waals surface area contributed by atoms with Crippen LogP contribution in [0.3, 0.4) is 0 Å². The first-order chi connectivity index (χ1) is 10.3. The van der Waals surface area contributed by atoms with Crippen LogP contribution < -0.4 is 9.47 Å². The molecule has 4 heteroatoms. The van der Waals surface area contributed by atoms with Crippen LogP contribution in [0.4, 0.5) is 0 Å². The smallest absolute Gasteiger partial charge is 0.188 e. The average molecular weight is 292 g/mol. The molecule has 4 nitrogen and oxygen atoms in total. The fourth-order valence-corrected chi connectivity index (χ4v) is 2.73. The molecule has 0 bridgehead atoms. The van der Waals surface area contributed by atoms with Gasteiger partial charge in [0, 0.05) is 24.7 Å². The number of rotatable bonds is 7. The third kappa shape index (κ3) is 3.99. The van der Waals surface area contributed by atoms with Crippen molar-refractivity contribution in [3.63, 3.8) is 0 Å². The van der Waals surface area contributed by atoms with Gasteiger partial charge in [-0.3, -0.25) is 0 Å². The van der Waals surface area contributed by atoms with Crippen LogP contribution in [-0.4, -0.2) is 26.1 Å². The van der Waals surface area contributed by atoms with E-state index in [1.54, 1.807) is 14.2 Å². The summed E-state index contributed by atoms with van der Waals surface area (Å²) in [5.74, 6) is 1.48. The minimum Gasteiger partial charge on any atom is -0.496 e. The predicted molar refractivity (Wildman–Crippen MR) is 81.7 cm³/mol. The Morgan fingerprint density at radius 2 is 2.05 bits per heavy atom. The second kappa shape index (κ2) is 8.05. The van der Waals surface area contributed by atoms with Crippen molar-refractivity contribution >= 4 is 0 Å². The van der Waals surface area contributed by atoms with Gasteiger partial charge in [-0.1, -0.05) is 11.6 Å². The second-order valence-electron chi connectivity index (χ2n) is 5.23. The zero-order chi connectivity index (χ0) is 15.1. The van der Waals surface area contributed by atoms with Crippen molar-refractivity contribution in [3.05, 3.63) is 34.9 Å². The first-order valence-corrected chi connectivity index (χ1v) is 7.39. The molecule has 1 aromatic rings. The Morgan fingerprint density at radius 3 is 2.67 bits per heavy atom. The molecule has 1 aliphatic rings. The molecule has 0 unspecified atom stereocenters. The van der Waals surface area contributed by atoms with Crippen molar-refractivity contribution < 1.29 is 19.3 Å². The zero-order valence-corrected chi connectivity index (χ0v) is 12.9. The van der Waals surface area contributed by atoms with E-state index in [9.17, 15) is 5.11 Å². The molecule has 0 saturated heterocycles. The van der Waals surface area contributed by atoms with Gasteiger partial charge in [0.25, 0.3) is 0 Å². The Morgan fingerprint density at radius 1 is 1.19 bits per heavy atom. The molecule has 0 saturated carbocycles. The normalized spacial score (nSPS) is 14.7. The van der Waals surface area contributed by atoms with E-state index in [1.807, 2.05) is 12.1 Å². The standard InChI is InChI=1S/C17H24O4/c1-19-12-21-17-14(11-18)8-9-16(20-2)15(17)10-13-6-4-3-5-7-13/h6,8-9,18H,3-5,7,10-12H2,1-2H3. The van der Waals surface area contributed by atoms with Crippen LogP contribution in [-0.2, 0) is 17.8 Å². The minimum atomic E-state index is -0.0604. The number of allylic oxidation sites excluding steroid dienone is 2. The number of methoxy groups -OCH3 is 2. The molecule has 0 radical (unpaired) electrons. The number of ether oxygens (including phenoxy) is 3. The van der Waals surface area contributed by atoms with Gasteiger partial charge < -0.3 is 19.3 Å². The van der Waals surface area contributed by atoms with Gasteiger partial charge in [-0.05, 0) is 37.8 Å². The molecule has 0 heterocycles. The van der Waals surface area contributed by atoms with E-state index in [4.69, 9.17) is 14.2 Å². The molecule has 0 atom stereocenters. The van der Waals surface area contributed by atoms with Crippen molar-refractivity contribution in [3.8, 4) is 11.5 Å². The third-order valence-electron chi connectivity index (χ3n) is 3.80. The molecule has 2 rings (SSSR count). The lowest BCUT2D eigenvalue weighted by molar-refractivity contribution is 0.0486. The van der Waals surface area contributed by atoms with Crippen LogP contribution >= 0.6 is 0 Å². The van der Waals surface area contributed by atoms with E-state index in [0.29, 0.717) is 5.75 Å².